The average molecular weight is 742 g/mol. The van der Waals surface area contributed by atoms with Crippen LogP contribution in [0.1, 0.15) is 0 Å². The lowest BCUT2D eigenvalue weighted by molar-refractivity contribution is 1.29. The van der Waals surface area contributed by atoms with Gasteiger partial charge in [-0.25, -0.2) is 0 Å². The summed E-state index contributed by atoms with van der Waals surface area (Å²) in [5.74, 6) is 0. The van der Waals surface area contributed by atoms with E-state index in [4.69, 9.17) is 0 Å². The van der Waals surface area contributed by atoms with E-state index in [0.717, 1.165) is 5.69 Å². The summed E-state index contributed by atoms with van der Waals surface area (Å²) in [6.45, 7) is 10.1. The lowest BCUT2D eigenvalue weighted by atomic mass is 9.98. The second kappa shape index (κ2) is 11.5. The molecule has 1 nitrogen and oxygen atoms in total. The monoisotopic (exact) mass is 741 g/mol. The van der Waals surface area contributed by atoms with Crippen LogP contribution in [-0.4, -0.2) is 16.1 Å². The first kappa shape index (κ1) is 32.0. The standard InChI is InChI=1S/C50H39NSSi2/c1-53(2)45-16-10-8-13-39(45)41-30-37(23-26-46(41)53)51(36-21-19-33(20-22-36)35-18-17-32-11-5-6-12-34(32)29-35)38-24-27-47-42(31-38)50-48(54(47,3)4)28-25-44-49(50)40-14-7-9-15-43(40)52-44/h5-31H,1-4H3. The van der Waals surface area contributed by atoms with Crippen LogP contribution in [0.4, 0.5) is 17.1 Å². The molecule has 0 aliphatic carbocycles. The third kappa shape index (κ3) is 4.54. The Bertz CT molecular complexity index is 3010. The molecule has 4 heteroatoms. The van der Waals surface area contributed by atoms with Crippen LogP contribution in [-0.2, 0) is 0 Å². The molecule has 2 aliphatic heterocycles. The molecule has 0 unspecified atom stereocenters. The number of hydrogen-bond acceptors (Lipinski definition) is 2. The number of benzene rings is 8. The van der Waals surface area contributed by atoms with Crippen molar-refractivity contribution < 1.29 is 0 Å². The molecule has 0 amide bonds. The van der Waals surface area contributed by atoms with E-state index in [1.165, 1.54) is 91.3 Å². The topological polar surface area (TPSA) is 3.24 Å². The molecule has 0 radical (unpaired) electrons. The van der Waals surface area contributed by atoms with Crippen molar-refractivity contribution in [2.75, 3.05) is 4.90 Å². The molecule has 1 aromatic heterocycles. The summed E-state index contributed by atoms with van der Waals surface area (Å²) in [7, 11) is -3.71. The molecule has 258 valence electrons. The quantitative estimate of drug-likeness (QED) is 0.162. The van der Waals surface area contributed by atoms with Crippen LogP contribution in [0.3, 0.4) is 0 Å². The van der Waals surface area contributed by atoms with E-state index in [2.05, 4.69) is 195 Å². The fourth-order valence-corrected chi connectivity index (χ4v) is 16.9. The summed E-state index contributed by atoms with van der Waals surface area (Å²) in [5, 5.41) is 11.5. The summed E-state index contributed by atoms with van der Waals surface area (Å²) < 4.78 is 2.74. The summed E-state index contributed by atoms with van der Waals surface area (Å²) >= 11 is 1.92. The van der Waals surface area contributed by atoms with Crippen molar-refractivity contribution in [1.29, 1.82) is 0 Å². The maximum atomic E-state index is 2.53. The third-order valence-corrected chi connectivity index (χ3v) is 20.7. The van der Waals surface area contributed by atoms with Crippen molar-refractivity contribution >= 4 is 96.2 Å². The number of rotatable bonds is 4. The van der Waals surface area contributed by atoms with Gasteiger partial charge in [-0.05, 0) is 119 Å². The van der Waals surface area contributed by atoms with Crippen molar-refractivity contribution in [2.45, 2.75) is 26.2 Å². The fraction of sp³-hybridized carbons (Fsp3) is 0.0800. The molecule has 11 rings (SSSR count). The Morgan fingerprint density at radius 2 is 1.00 bits per heavy atom. The van der Waals surface area contributed by atoms with Crippen molar-refractivity contribution in [2.24, 2.45) is 0 Å². The van der Waals surface area contributed by atoms with Crippen LogP contribution in [0.5, 0.6) is 0 Å². The molecule has 0 fully saturated rings. The number of anilines is 3. The van der Waals surface area contributed by atoms with Crippen molar-refractivity contribution in [1.82, 2.24) is 0 Å². The molecule has 8 aromatic carbocycles. The van der Waals surface area contributed by atoms with E-state index in [1.54, 1.807) is 5.19 Å². The average Bonchev–Trinajstić information content (AvgIpc) is 3.77. The van der Waals surface area contributed by atoms with Crippen molar-refractivity contribution in [3.05, 3.63) is 164 Å². The summed E-state index contributed by atoms with van der Waals surface area (Å²) in [6.07, 6.45) is 0. The highest BCUT2D eigenvalue weighted by Gasteiger charge is 2.40. The van der Waals surface area contributed by atoms with Crippen LogP contribution in [0.25, 0.3) is 64.3 Å². The predicted octanol–water partition coefficient (Wildman–Crippen LogP) is 12.0. The second-order valence-corrected chi connectivity index (χ2v) is 25.9. The number of hydrogen-bond donors (Lipinski definition) is 0. The number of nitrogens with zero attached hydrogens (tertiary/aromatic N) is 1. The molecule has 0 N–H and O–H groups in total. The van der Waals surface area contributed by atoms with Gasteiger partial charge >= 0.3 is 0 Å². The molecule has 0 spiro atoms. The van der Waals surface area contributed by atoms with Gasteiger partial charge in [-0.15, -0.1) is 11.3 Å². The third-order valence-electron chi connectivity index (χ3n) is 12.5. The highest BCUT2D eigenvalue weighted by atomic mass is 32.1. The van der Waals surface area contributed by atoms with Gasteiger partial charge in [0.25, 0.3) is 0 Å². The maximum Gasteiger partial charge on any atom is 0.113 e. The van der Waals surface area contributed by atoms with E-state index in [9.17, 15) is 0 Å². The van der Waals surface area contributed by atoms with Gasteiger partial charge < -0.3 is 4.90 Å². The van der Waals surface area contributed by atoms with Gasteiger partial charge in [0.2, 0.25) is 0 Å². The van der Waals surface area contributed by atoms with Gasteiger partial charge in [0, 0.05) is 37.2 Å². The van der Waals surface area contributed by atoms with E-state index in [1.807, 2.05) is 11.3 Å². The van der Waals surface area contributed by atoms with Crippen LogP contribution >= 0.6 is 11.3 Å². The summed E-state index contributed by atoms with van der Waals surface area (Å²) in [4.78, 5) is 2.50. The fourth-order valence-electron chi connectivity index (χ4n) is 9.65. The molecular formula is C50H39NSSi2. The van der Waals surface area contributed by atoms with E-state index < -0.39 is 16.1 Å². The zero-order chi connectivity index (χ0) is 36.3. The Kier molecular flexibility index (Phi) is 6.80. The van der Waals surface area contributed by atoms with E-state index >= 15 is 0 Å². The largest absolute Gasteiger partial charge is 0.310 e. The second-order valence-electron chi connectivity index (χ2n) is 16.2. The first-order valence-corrected chi connectivity index (χ1v) is 25.8. The highest BCUT2D eigenvalue weighted by molar-refractivity contribution is 7.26. The zero-order valence-electron chi connectivity index (χ0n) is 30.9. The molecule has 0 atom stereocenters. The van der Waals surface area contributed by atoms with Gasteiger partial charge in [0.15, 0.2) is 0 Å². The van der Waals surface area contributed by atoms with Crippen LogP contribution < -0.4 is 25.6 Å². The van der Waals surface area contributed by atoms with Crippen molar-refractivity contribution in [3.8, 4) is 33.4 Å². The van der Waals surface area contributed by atoms with Crippen LogP contribution in [0.2, 0.25) is 26.2 Å². The lowest BCUT2D eigenvalue weighted by Gasteiger charge is -2.28. The highest BCUT2D eigenvalue weighted by Crippen LogP contribution is 2.45. The summed E-state index contributed by atoms with van der Waals surface area (Å²) in [6, 6.07) is 62.2. The number of fused-ring (bicyclic) bond motifs is 11. The van der Waals surface area contributed by atoms with Gasteiger partial charge in [-0.1, -0.05) is 135 Å². The van der Waals surface area contributed by atoms with Gasteiger partial charge in [0.1, 0.15) is 16.1 Å². The Labute approximate surface area is 322 Å². The molecule has 9 aromatic rings. The first-order chi connectivity index (χ1) is 26.3. The minimum absolute atomic E-state index is 1.16. The molecule has 0 saturated carbocycles. The van der Waals surface area contributed by atoms with Gasteiger partial charge in [-0.2, -0.15) is 0 Å². The normalized spacial score (nSPS) is 14.6. The van der Waals surface area contributed by atoms with Crippen LogP contribution in [0.15, 0.2) is 164 Å². The SMILES string of the molecule is C[Si]1(C)c2ccccc2-c2cc(N(c3ccc(-c4ccc5ccccc5c4)cc3)c3ccc4c(c3)-c3c(ccc5sc6ccccc6c35)[Si]4(C)C)ccc21. The Balaban J connectivity index is 1.11. The minimum Gasteiger partial charge on any atom is -0.310 e. The molecule has 3 heterocycles. The van der Waals surface area contributed by atoms with Crippen LogP contribution in [0, 0.1) is 0 Å². The molecule has 0 bridgehead atoms. The smallest absolute Gasteiger partial charge is 0.113 e. The summed E-state index contributed by atoms with van der Waals surface area (Å²) in [5.41, 5.74) is 11.7. The zero-order valence-corrected chi connectivity index (χ0v) is 33.8. The molecule has 54 heavy (non-hydrogen) atoms. The molecule has 0 saturated heterocycles. The van der Waals surface area contributed by atoms with Gasteiger partial charge in [-0.3, -0.25) is 0 Å². The number of thiophene rings is 1. The maximum absolute atomic E-state index is 2.53. The Morgan fingerprint density at radius 1 is 0.407 bits per heavy atom. The lowest BCUT2D eigenvalue weighted by Crippen LogP contribution is -2.49. The van der Waals surface area contributed by atoms with Crippen molar-refractivity contribution in [3.63, 3.8) is 0 Å². The first-order valence-electron chi connectivity index (χ1n) is 19.0. The Hall–Kier alpha value is -5.53. The minimum atomic E-state index is -1.92. The van der Waals surface area contributed by atoms with E-state index in [-0.39, 0.29) is 0 Å². The van der Waals surface area contributed by atoms with Gasteiger partial charge in [0.05, 0.1) is 0 Å². The molecule has 2 aliphatic rings. The molecular weight excluding hydrogens is 703 g/mol. The predicted molar refractivity (Wildman–Crippen MR) is 241 cm³/mol. The van der Waals surface area contributed by atoms with E-state index in [0.29, 0.717) is 0 Å². The Morgan fingerprint density at radius 3 is 1.81 bits per heavy atom.